The Hall–Kier alpha value is -4.07. The highest BCUT2D eigenvalue weighted by Gasteiger charge is 2.46. The molecule has 1 fully saturated rings. The third kappa shape index (κ3) is 3.71. The van der Waals surface area contributed by atoms with Gasteiger partial charge in [0.2, 0.25) is 0 Å². The molecule has 1 aliphatic rings. The lowest BCUT2D eigenvalue weighted by Gasteiger charge is -2.24. The fraction of sp³-hybridized carbons (Fsp3) is 0.167. The highest BCUT2D eigenvalue weighted by molar-refractivity contribution is 6.46. The number of aliphatic hydroxyl groups excluding tert-OH is 1. The topological polar surface area (TPSA) is 89.2 Å². The molecular formula is C24H20FNO6. The van der Waals surface area contributed by atoms with Gasteiger partial charge in [-0.3, -0.25) is 9.59 Å². The number of carbonyl (C=O) groups excluding carboxylic acids is 2. The van der Waals surface area contributed by atoms with Crippen LogP contribution in [-0.4, -0.2) is 35.9 Å². The van der Waals surface area contributed by atoms with E-state index in [1.165, 1.54) is 55.7 Å². The molecule has 32 heavy (non-hydrogen) atoms. The number of methoxy groups -OCH3 is 2. The van der Waals surface area contributed by atoms with E-state index in [2.05, 4.69) is 0 Å². The Kier molecular flexibility index (Phi) is 5.68. The molecule has 164 valence electrons. The summed E-state index contributed by atoms with van der Waals surface area (Å²) in [6.07, 6.45) is 1.46. The third-order valence-corrected chi connectivity index (χ3v) is 5.29. The largest absolute Gasteiger partial charge is 0.507 e. The second kappa shape index (κ2) is 8.58. The number of nitrogens with zero attached hydrogens (tertiary/aromatic N) is 1. The molecule has 1 aromatic heterocycles. The second-order valence-electron chi connectivity index (χ2n) is 7.13. The Bertz CT molecular complexity index is 1180. The van der Waals surface area contributed by atoms with Crippen LogP contribution in [0.25, 0.3) is 5.76 Å². The number of Topliss-reactive ketones (excluding diaryl/α,β-unsaturated/α-hetero) is 1. The van der Waals surface area contributed by atoms with Crippen LogP contribution in [0.5, 0.6) is 11.5 Å². The molecule has 0 radical (unpaired) electrons. The number of carbonyl (C=O) groups is 2. The van der Waals surface area contributed by atoms with Gasteiger partial charge in [0.05, 0.1) is 38.6 Å². The third-order valence-electron chi connectivity index (χ3n) is 5.29. The number of amides is 1. The van der Waals surface area contributed by atoms with Gasteiger partial charge >= 0.3 is 0 Å². The molecule has 3 aromatic rings. The van der Waals surface area contributed by atoms with E-state index in [9.17, 15) is 19.1 Å². The van der Waals surface area contributed by atoms with Crippen LogP contribution in [0.15, 0.2) is 70.9 Å². The first-order valence-corrected chi connectivity index (χ1v) is 9.73. The predicted octanol–water partition coefficient (Wildman–Crippen LogP) is 4.06. The smallest absolute Gasteiger partial charge is 0.296 e. The Balaban J connectivity index is 1.87. The average molecular weight is 437 g/mol. The van der Waals surface area contributed by atoms with Gasteiger partial charge in [-0.2, -0.15) is 0 Å². The first-order chi connectivity index (χ1) is 15.4. The van der Waals surface area contributed by atoms with Crippen LogP contribution in [0, 0.1) is 5.82 Å². The predicted molar refractivity (Wildman–Crippen MR) is 113 cm³/mol. The summed E-state index contributed by atoms with van der Waals surface area (Å²) in [5.74, 6) is -1.23. The molecule has 1 aliphatic heterocycles. The van der Waals surface area contributed by atoms with Gasteiger partial charge in [-0.05, 0) is 48.0 Å². The number of benzene rings is 2. The van der Waals surface area contributed by atoms with Crippen molar-refractivity contribution in [1.29, 1.82) is 0 Å². The molecule has 1 atom stereocenters. The van der Waals surface area contributed by atoms with Crippen molar-refractivity contribution in [2.75, 3.05) is 14.2 Å². The molecular weight excluding hydrogens is 417 g/mol. The van der Waals surface area contributed by atoms with E-state index in [0.717, 1.165) is 0 Å². The van der Waals surface area contributed by atoms with E-state index < -0.39 is 23.5 Å². The van der Waals surface area contributed by atoms with Gasteiger partial charge < -0.3 is 23.9 Å². The van der Waals surface area contributed by atoms with Crippen LogP contribution >= 0.6 is 0 Å². The highest BCUT2D eigenvalue weighted by Crippen LogP contribution is 2.41. The second-order valence-corrected chi connectivity index (χ2v) is 7.13. The maximum Gasteiger partial charge on any atom is 0.296 e. The molecule has 7 nitrogen and oxygen atoms in total. The van der Waals surface area contributed by atoms with Crippen molar-refractivity contribution in [1.82, 2.24) is 4.90 Å². The molecule has 2 heterocycles. The molecule has 4 rings (SSSR count). The zero-order chi connectivity index (χ0) is 22.8. The molecule has 2 aromatic carbocycles. The number of ketones is 1. The Morgan fingerprint density at radius 2 is 1.78 bits per heavy atom. The van der Waals surface area contributed by atoms with Crippen LogP contribution in [0.2, 0.25) is 0 Å². The zero-order valence-electron chi connectivity index (χ0n) is 17.4. The normalized spacial score (nSPS) is 17.6. The maximum atomic E-state index is 13.6. The first-order valence-electron chi connectivity index (χ1n) is 9.73. The van der Waals surface area contributed by atoms with E-state index in [1.54, 1.807) is 24.3 Å². The zero-order valence-corrected chi connectivity index (χ0v) is 17.4. The monoisotopic (exact) mass is 437 g/mol. The molecule has 0 bridgehead atoms. The van der Waals surface area contributed by atoms with Crippen LogP contribution < -0.4 is 9.47 Å². The van der Waals surface area contributed by atoms with Crippen molar-refractivity contribution in [2.24, 2.45) is 0 Å². The van der Waals surface area contributed by atoms with Gasteiger partial charge in [-0.15, -0.1) is 0 Å². The number of aliphatic hydroxyl groups is 1. The quantitative estimate of drug-likeness (QED) is 0.355. The molecule has 0 spiro atoms. The number of likely N-dealkylation sites (tertiary alicyclic amines) is 1. The van der Waals surface area contributed by atoms with Crippen molar-refractivity contribution in [2.45, 2.75) is 12.6 Å². The van der Waals surface area contributed by atoms with Crippen molar-refractivity contribution < 1.29 is 33.0 Å². The maximum absolute atomic E-state index is 13.6. The minimum Gasteiger partial charge on any atom is -0.507 e. The Labute approximate surface area is 183 Å². The van der Waals surface area contributed by atoms with Crippen molar-refractivity contribution in [3.63, 3.8) is 0 Å². The summed E-state index contributed by atoms with van der Waals surface area (Å²) in [5, 5.41) is 11.1. The Morgan fingerprint density at radius 3 is 2.41 bits per heavy atom. The van der Waals surface area contributed by atoms with Crippen molar-refractivity contribution >= 4 is 17.4 Å². The fourth-order valence-electron chi connectivity index (χ4n) is 3.74. The van der Waals surface area contributed by atoms with Gasteiger partial charge in [-0.1, -0.05) is 12.1 Å². The lowest BCUT2D eigenvalue weighted by molar-refractivity contribution is -0.140. The van der Waals surface area contributed by atoms with Crippen LogP contribution in [0.3, 0.4) is 0 Å². The number of rotatable bonds is 6. The fourth-order valence-corrected chi connectivity index (χ4v) is 3.74. The Morgan fingerprint density at radius 1 is 1.06 bits per heavy atom. The molecule has 1 N–H and O–H groups in total. The molecule has 8 heteroatoms. The number of hydrogen-bond donors (Lipinski definition) is 1. The first kappa shape index (κ1) is 21.2. The lowest BCUT2D eigenvalue weighted by Crippen LogP contribution is -2.29. The molecule has 1 saturated heterocycles. The van der Waals surface area contributed by atoms with Crippen LogP contribution in [0.1, 0.15) is 22.9 Å². The van der Waals surface area contributed by atoms with E-state index in [0.29, 0.717) is 22.8 Å². The molecule has 0 aliphatic carbocycles. The van der Waals surface area contributed by atoms with Gasteiger partial charge in [0, 0.05) is 5.56 Å². The van der Waals surface area contributed by atoms with E-state index in [1.807, 2.05) is 0 Å². The summed E-state index contributed by atoms with van der Waals surface area (Å²) < 4.78 is 29.4. The van der Waals surface area contributed by atoms with Crippen molar-refractivity contribution in [3.8, 4) is 11.5 Å². The van der Waals surface area contributed by atoms with E-state index >= 15 is 0 Å². The van der Waals surface area contributed by atoms with Gasteiger partial charge in [0.15, 0.2) is 11.5 Å². The summed E-state index contributed by atoms with van der Waals surface area (Å²) in [4.78, 5) is 27.2. The summed E-state index contributed by atoms with van der Waals surface area (Å²) in [5.41, 5.74) is 0.630. The van der Waals surface area contributed by atoms with Crippen LogP contribution in [-0.2, 0) is 16.1 Å². The number of halogens is 1. The molecule has 1 unspecified atom stereocenters. The van der Waals surface area contributed by atoms with E-state index in [4.69, 9.17) is 13.9 Å². The average Bonchev–Trinajstić information content (AvgIpc) is 3.41. The molecule has 0 saturated carbocycles. The number of ether oxygens (including phenoxy) is 2. The van der Waals surface area contributed by atoms with Gasteiger partial charge in [0.1, 0.15) is 17.3 Å². The summed E-state index contributed by atoms with van der Waals surface area (Å²) in [6.45, 7) is 0.00231. The minimum atomic E-state index is -0.936. The highest BCUT2D eigenvalue weighted by atomic mass is 19.1. The summed E-state index contributed by atoms with van der Waals surface area (Å²) >= 11 is 0. The van der Waals surface area contributed by atoms with Gasteiger partial charge in [-0.25, -0.2) is 4.39 Å². The number of furan rings is 1. The van der Waals surface area contributed by atoms with Crippen LogP contribution in [0.4, 0.5) is 4.39 Å². The molecule has 1 amide bonds. The number of hydrogen-bond acceptors (Lipinski definition) is 6. The summed E-state index contributed by atoms with van der Waals surface area (Å²) in [6, 6.07) is 12.5. The SMILES string of the molecule is COc1ccc(/C(O)=C2/C(=O)C(=O)N(Cc3ccco3)C2c2ccc(F)cc2)cc1OC. The lowest BCUT2D eigenvalue weighted by atomic mass is 9.95. The summed E-state index contributed by atoms with van der Waals surface area (Å²) in [7, 11) is 2.93. The van der Waals surface area contributed by atoms with Gasteiger partial charge in [0.25, 0.3) is 11.7 Å². The minimum absolute atomic E-state index is 0.00231. The van der Waals surface area contributed by atoms with Crippen molar-refractivity contribution in [3.05, 3.63) is 89.1 Å². The van der Waals surface area contributed by atoms with E-state index in [-0.39, 0.29) is 23.4 Å². The standard InChI is InChI=1S/C24H20FNO6/c1-30-18-10-7-15(12-19(18)31-2)22(27)20-21(14-5-8-16(25)9-6-14)26(24(29)23(20)28)13-17-4-3-11-32-17/h3-12,21,27H,13H2,1-2H3/b22-20-.